The molecule has 0 fully saturated rings. The maximum Gasteiger partial charge on any atom is 0.258 e. The molecule has 0 spiro atoms. The van der Waals surface area contributed by atoms with E-state index in [1.807, 2.05) is 61.0 Å². The van der Waals surface area contributed by atoms with Crippen molar-refractivity contribution in [3.05, 3.63) is 70.3 Å². The maximum absolute atomic E-state index is 12.4. The van der Waals surface area contributed by atoms with Gasteiger partial charge in [-0.1, -0.05) is 17.8 Å². The van der Waals surface area contributed by atoms with Gasteiger partial charge in [0.25, 0.3) is 5.56 Å². The molecular weight excluding hydrogens is 374 g/mol. The Bertz CT molecular complexity index is 1200. The lowest BCUT2D eigenvalue weighted by molar-refractivity contribution is 0.415. The predicted molar refractivity (Wildman–Crippen MR) is 109 cm³/mol. The lowest BCUT2D eigenvalue weighted by Crippen LogP contribution is -2.17. The number of hydrogen-bond acceptors (Lipinski definition) is 6. The van der Waals surface area contributed by atoms with Crippen LogP contribution in [0, 0.1) is 6.92 Å². The van der Waals surface area contributed by atoms with Crippen LogP contribution < -0.4 is 10.3 Å². The van der Waals surface area contributed by atoms with Crippen LogP contribution in [0.5, 0.6) is 5.75 Å². The standard InChI is InChI=1S/C20H19N5O2S/c1-13-5-4-6-17-21-15(11-18(26)25(13)17)12-28-20-23-22-19(24(20)2)14-7-9-16(27-3)10-8-14/h4-11H,12H2,1-3H3. The maximum atomic E-state index is 12.4. The number of thioether (sulfide) groups is 1. The van der Waals surface area contributed by atoms with E-state index in [1.165, 1.54) is 11.8 Å². The Balaban J connectivity index is 1.56. The van der Waals surface area contributed by atoms with E-state index in [9.17, 15) is 4.79 Å². The van der Waals surface area contributed by atoms with Gasteiger partial charge in [0, 0.05) is 30.1 Å². The molecule has 0 aliphatic carbocycles. The summed E-state index contributed by atoms with van der Waals surface area (Å²) in [6.45, 7) is 1.89. The van der Waals surface area contributed by atoms with Crippen LogP contribution >= 0.6 is 11.8 Å². The molecule has 0 amide bonds. The molecule has 8 heteroatoms. The van der Waals surface area contributed by atoms with E-state index in [1.54, 1.807) is 17.6 Å². The molecule has 4 aromatic rings. The molecule has 0 bridgehead atoms. The van der Waals surface area contributed by atoms with Gasteiger partial charge in [-0.05, 0) is 43.3 Å². The number of fused-ring (bicyclic) bond motifs is 1. The number of ether oxygens (including phenoxy) is 1. The highest BCUT2D eigenvalue weighted by Crippen LogP contribution is 2.26. The first-order chi connectivity index (χ1) is 13.6. The summed E-state index contributed by atoms with van der Waals surface area (Å²) < 4.78 is 8.74. The molecule has 0 saturated heterocycles. The number of benzene rings is 1. The van der Waals surface area contributed by atoms with Crippen LogP contribution in [0.25, 0.3) is 17.0 Å². The SMILES string of the molecule is COc1ccc(-c2nnc(SCc3cc(=O)n4c(C)cccc4n3)n2C)cc1. The van der Waals surface area contributed by atoms with Crippen molar-refractivity contribution in [3.8, 4) is 17.1 Å². The van der Waals surface area contributed by atoms with E-state index in [4.69, 9.17) is 4.74 Å². The summed E-state index contributed by atoms with van der Waals surface area (Å²) in [7, 11) is 3.56. The minimum absolute atomic E-state index is 0.0735. The van der Waals surface area contributed by atoms with Crippen LogP contribution in [0.1, 0.15) is 11.4 Å². The number of hydrogen-bond donors (Lipinski definition) is 0. The van der Waals surface area contributed by atoms with E-state index >= 15 is 0 Å². The Kier molecular flexibility index (Phi) is 4.87. The molecule has 0 unspecified atom stereocenters. The predicted octanol–water partition coefficient (Wildman–Crippen LogP) is 3.10. The lowest BCUT2D eigenvalue weighted by atomic mass is 10.2. The van der Waals surface area contributed by atoms with E-state index < -0.39 is 0 Å². The fourth-order valence-electron chi connectivity index (χ4n) is 3.01. The fraction of sp³-hybridized carbons (Fsp3) is 0.200. The quantitative estimate of drug-likeness (QED) is 0.485. The van der Waals surface area contributed by atoms with Crippen molar-refractivity contribution in [3.63, 3.8) is 0 Å². The van der Waals surface area contributed by atoms with Crippen molar-refractivity contribution in [1.29, 1.82) is 0 Å². The summed E-state index contributed by atoms with van der Waals surface area (Å²) in [6.07, 6.45) is 0. The average molecular weight is 393 g/mol. The molecule has 3 heterocycles. The van der Waals surface area contributed by atoms with Crippen LogP contribution in [-0.2, 0) is 12.8 Å². The molecule has 0 aliphatic heterocycles. The van der Waals surface area contributed by atoms with Crippen LogP contribution in [0.3, 0.4) is 0 Å². The second kappa shape index (κ2) is 7.47. The van der Waals surface area contributed by atoms with Gasteiger partial charge in [0.1, 0.15) is 11.4 Å². The molecule has 0 radical (unpaired) electrons. The minimum Gasteiger partial charge on any atom is -0.497 e. The van der Waals surface area contributed by atoms with Gasteiger partial charge in [0.15, 0.2) is 11.0 Å². The van der Waals surface area contributed by atoms with Crippen molar-refractivity contribution in [2.24, 2.45) is 7.05 Å². The molecule has 1 aromatic carbocycles. The Hall–Kier alpha value is -3.13. The minimum atomic E-state index is -0.0735. The zero-order chi connectivity index (χ0) is 19.7. The van der Waals surface area contributed by atoms with Gasteiger partial charge in [-0.25, -0.2) is 4.98 Å². The summed E-state index contributed by atoms with van der Waals surface area (Å²) in [4.78, 5) is 17.0. The van der Waals surface area contributed by atoms with Crippen molar-refractivity contribution < 1.29 is 4.74 Å². The normalized spacial score (nSPS) is 11.1. The summed E-state index contributed by atoms with van der Waals surface area (Å²) in [5.41, 5.74) is 3.12. The molecule has 3 aromatic heterocycles. The second-order valence-electron chi connectivity index (χ2n) is 6.33. The molecule has 28 heavy (non-hydrogen) atoms. The van der Waals surface area contributed by atoms with E-state index in [2.05, 4.69) is 15.2 Å². The summed E-state index contributed by atoms with van der Waals surface area (Å²) in [5, 5.41) is 9.34. The third kappa shape index (κ3) is 3.38. The highest BCUT2D eigenvalue weighted by molar-refractivity contribution is 7.98. The van der Waals surface area contributed by atoms with E-state index in [-0.39, 0.29) is 5.56 Å². The summed E-state index contributed by atoms with van der Waals surface area (Å²) >= 11 is 1.50. The monoisotopic (exact) mass is 393 g/mol. The smallest absolute Gasteiger partial charge is 0.258 e. The van der Waals surface area contributed by atoms with E-state index in [0.29, 0.717) is 11.4 Å². The number of rotatable bonds is 5. The highest BCUT2D eigenvalue weighted by atomic mass is 32.2. The van der Waals surface area contributed by atoms with Gasteiger partial charge in [-0.2, -0.15) is 0 Å². The molecule has 4 rings (SSSR count). The van der Waals surface area contributed by atoms with Gasteiger partial charge in [-0.3, -0.25) is 9.20 Å². The summed E-state index contributed by atoms with van der Waals surface area (Å²) in [6, 6.07) is 14.9. The van der Waals surface area contributed by atoms with Crippen molar-refractivity contribution in [2.75, 3.05) is 7.11 Å². The number of pyridine rings is 1. The topological polar surface area (TPSA) is 74.3 Å². The van der Waals surface area contributed by atoms with Gasteiger partial charge < -0.3 is 9.30 Å². The van der Waals surface area contributed by atoms with Crippen molar-refractivity contribution in [1.82, 2.24) is 24.1 Å². The van der Waals surface area contributed by atoms with Gasteiger partial charge in [0.2, 0.25) is 0 Å². The van der Waals surface area contributed by atoms with Gasteiger partial charge in [0.05, 0.1) is 12.8 Å². The first-order valence-electron chi connectivity index (χ1n) is 8.72. The lowest BCUT2D eigenvalue weighted by Gasteiger charge is -2.07. The van der Waals surface area contributed by atoms with E-state index in [0.717, 1.165) is 33.7 Å². The van der Waals surface area contributed by atoms with Crippen LogP contribution in [0.15, 0.2) is 58.5 Å². The first-order valence-corrected chi connectivity index (χ1v) is 9.70. The largest absolute Gasteiger partial charge is 0.497 e. The van der Waals surface area contributed by atoms with Crippen molar-refractivity contribution >= 4 is 17.4 Å². The Morgan fingerprint density at radius 1 is 1.11 bits per heavy atom. The molecule has 0 saturated carbocycles. The molecule has 0 atom stereocenters. The average Bonchev–Trinajstić information content (AvgIpc) is 3.06. The number of aromatic nitrogens is 5. The highest BCUT2D eigenvalue weighted by Gasteiger charge is 2.12. The molecular formula is C20H19N5O2S. The molecule has 7 nitrogen and oxygen atoms in total. The zero-order valence-electron chi connectivity index (χ0n) is 15.8. The van der Waals surface area contributed by atoms with Crippen LogP contribution in [-0.4, -0.2) is 31.3 Å². The van der Waals surface area contributed by atoms with Gasteiger partial charge >= 0.3 is 0 Å². The fourth-order valence-corrected chi connectivity index (χ4v) is 3.81. The second-order valence-corrected chi connectivity index (χ2v) is 7.27. The Morgan fingerprint density at radius 2 is 1.89 bits per heavy atom. The first kappa shape index (κ1) is 18.2. The molecule has 0 N–H and O–H groups in total. The Morgan fingerprint density at radius 3 is 2.64 bits per heavy atom. The number of methoxy groups -OCH3 is 1. The van der Waals surface area contributed by atoms with Gasteiger partial charge in [-0.15, -0.1) is 10.2 Å². The third-order valence-corrected chi connectivity index (χ3v) is 5.52. The molecule has 142 valence electrons. The Labute approximate surface area is 166 Å². The van der Waals surface area contributed by atoms with Crippen LogP contribution in [0.2, 0.25) is 0 Å². The molecule has 0 aliphatic rings. The summed E-state index contributed by atoms with van der Waals surface area (Å²) in [5.74, 6) is 2.10. The van der Waals surface area contributed by atoms with Crippen LogP contribution in [0.4, 0.5) is 0 Å². The third-order valence-electron chi connectivity index (χ3n) is 4.47. The van der Waals surface area contributed by atoms with Crippen molar-refractivity contribution in [2.45, 2.75) is 17.8 Å². The number of nitrogens with zero attached hydrogens (tertiary/aromatic N) is 5. The zero-order valence-corrected chi connectivity index (χ0v) is 16.6. The number of aryl methyl sites for hydroxylation is 1.